The molecule has 4 fully saturated rings. The minimum atomic E-state index is -2.77. The quantitative estimate of drug-likeness (QED) is 0.0877. The topological polar surface area (TPSA) is 145 Å². The first-order valence-electron chi connectivity index (χ1n) is 21.4. The van der Waals surface area contributed by atoms with E-state index in [1.165, 1.54) is 18.3 Å². The molecule has 17 heteroatoms. The van der Waals surface area contributed by atoms with Gasteiger partial charge in [0.1, 0.15) is 29.5 Å². The molecule has 63 heavy (non-hydrogen) atoms. The van der Waals surface area contributed by atoms with Gasteiger partial charge in [0.05, 0.1) is 36.1 Å². The van der Waals surface area contributed by atoms with Crippen molar-refractivity contribution < 1.29 is 27.7 Å². The highest BCUT2D eigenvalue weighted by atomic mass is 35.5. The summed E-state index contributed by atoms with van der Waals surface area (Å²) in [5, 5.41) is 10.7. The number of hydrogen-bond acceptors (Lipinski definition) is 12. The minimum absolute atomic E-state index is 0.0575. The molecule has 0 aliphatic carbocycles. The van der Waals surface area contributed by atoms with Crippen molar-refractivity contribution in [2.75, 3.05) is 80.1 Å². The van der Waals surface area contributed by atoms with Crippen LogP contribution in [0.3, 0.4) is 0 Å². The number of hydrogen-bond donors (Lipinski definition) is 3. The predicted molar refractivity (Wildman–Crippen MR) is 244 cm³/mol. The Kier molecular flexibility index (Phi) is 11.3. The van der Waals surface area contributed by atoms with Gasteiger partial charge in [0.2, 0.25) is 17.8 Å². The van der Waals surface area contributed by atoms with E-state index in [9.17, 15) is 14.2 Å². The second-order valence-electron chi connectivity index (χ2n) is 17.8. The van der Waals surface area contributed by atoms with E-state index in [1.807, 2.05) is 41.3 Å². The Bertz CT molecular complexity index is 2670. The van der Waals surface area contributed by atoms with Crippen molar-refractivity contribution in [3.63, 3.8) is 0 Å². The molecule has 3 aromatic carbocycles. The molecule has 1 spiro atoms. The number of nitrogens with zero attached hydrogens (tertiary/aromatic N) is 6. The van der Waals surface area contributed by atoms with Crippen LogP contribution in [0.15, 0.2) is 54.7 Å². The third kappa shape index (κ3) is 8.31. The van der Waals surface area contributed by atoms with Gasteiger partial charge in [-0.1, -0.05) is 24.6 Å². The fraction of sp³-hybridized carbons (Fsp3) is 0.413. The van der Waals surface area contributed by atoms with E-state index in [-0.39, 0.29) is 23.8 Å². The van der Waals surface area contributed by atoms with Crippen LogP contribution in [0.4, 0.5) is 43.3 Å². The first-order valence-corrected chi connectivity index (χ1v) is 24.4. The Labute approximate surface area is 370 Å². The Hall–Kier alpha value is -5.37. The van der Waals surface area contributed by atoms with Gasteiger partial charge in [-0.15, -0.1) is 0 Å². The number of amides is 2. The molecule has 4 aliphatic rings. The normalized spacial score (nSPS) is 19.2. The maximum Gasteiger partial charge on any atom is 0.234 e. The Balaban J connectivity index is 0.814. The molecule has 4 saturated heterocycles. The molecular weight excluding hydrogens is 847 g/mol. The van der Waals surface area contributed by atoms with Gasteiger partial charge in [-0.25, -0.2) is 13.8 Å². The van der Waals surface area contributed by atoms with E-state index >= 15 is 8.78 Å². The summed E-state index contributed by atoms with van der Waals surface area (Å²) in [7, 11) is -1.13. The van der Waals surface area contributed by atoms with Gasteiger partial charge in [-0.2, -0.15) is 4.98 Å². The van der Waals surface area contributed by atoms with Gasteiger partial charge in [-0.05, 0) is 87.9 Å². The number of anilines is 6. The van der Waals surface area contributed by atoms with E-state index in [0.29, 0.717) is 64.0 Å². The van der Waals surface area contributed by atoms with E-state index in [2.05, 4.69) is 44.6 Å². The number of methoxy groups -OCH3 is 1. The predicted octanol–water partition coefficient (Wildman–Crippen LogP) is 7.88. The number of nitrogens with one attached hydrogen (secondary N) is 3. The van der Waals surface area contributed by atoms with Crippen LogP contribution in [-0.4, -0.2) is 97.4 Å². The summed E-state index contributed by atoms with van der Waals surface area (Å²) in [6.07, 6.45) is 4.26. The Morgan fingerprint density at radius 2 is 1.67 bits per heavy atom. The lowest BCUT2D eigenvalue weighted by Gasteiger charge is -2.63. The molecule has 0 radical (unpaired) electrons. The van der Waals surface area contributed by atoms with Crippen LogP contribution in [0.1, 0.15) is 55.3 Å². The van der Waals surface area contributed by atoms with Crippen LogP contribution in [0, 0.1) is 24.0 Å². The smallest absolute Gasteiger partial charge is 0.234 e. The second-order valence-corrected chi connectivity index (χ2v) is 21.4. The molecule has 3 N–H and O–H groups in total. The Morgan fingerprint density at radius 3 is 2.33 bits per heavy atom. The zero-order valence-corrected chi connectivity index (χ0v) is 37.7. The summed E-state index contributed by atoms with van der Waals surface area (Å²) in [4.78, 5) is 44.7. The van der Waals surface area contributed by atoms with Crippen LogP contribution in [0.25, 0.3) is 10.9 Å². The molecular formula is C46H51ClF2N9O4P. The number of carbonyl (C=O) groups excluding carboxylic acids is 2. The molecule has 0 unspecified atom stereocenters. The minimum Gasteiger partial charge on any atom is -0.494 e. The lowest BCUT2D eigenvalue weighted by molar-refractivity contribution is -0.134. The van der Waals surface area contributed by atoms with Crippen LogP contribution in [-0.2, 0) is 20.6 Å². The molecule has 2 aromatic heterocycles. The van der Waals surface area contributed by atoms with Gasteiger partial charge in [-0.3, -0.25) is 24.8 Å². The summed E-state index contributed by atoms with van der Waals surface area (Å²) in [5.74, 6) is -2.26. The van der Waals surface area contributed by atoms with Crippen LogP contribution in [0.5, 0.6) is 5.75 Å². The van der Waals surface area contributed by atoms with Crippen molar-refractivity contribution in [1.29, 1.82) is 0 Å². The number of fused-ring (bicyclic) bond motifs is 1. The maximum absolute atomic E-state index is 15.3. The number of aryl methyl sites for hydroxylation is 2. The molecule has 4 aliphatic heterocycles. The molecule has 0 saturated carbocycles. The number of halogens is 3. The molecule has 5 aromatic rings. The van der Waals surface area contributed by atoms with Crippen molar-refractivity contribution in [1.82, 2.24) is 25.2 Å². The van der Waals surface area contributed by atoms with Crippen molar-refractivity contribution in [2.45, 2.75) is 57.9 Å². The second kappa shape index (κ2) is 16.6. The van der Waals surface area contributed by atoms with Crippen molar-refractivity contribution in [3.05, 3.63) is 88.2 Å². The zero-order valence-electron chi connectivity index (χ0n) is 36.0. The molecule has 13 nitrogen and oxygen atoms in total. The largest absolute Gasteiger partial charge is 0.494 e. The van der Waals surface area contributed by atoms with E-state index in [4.69, 9.17) is 26.3 Å². The first kappa shape index (κ1) is 42.9. The summed E-state index contributed by atoms with van der Waals surface area (Å²) in [5.41, 5.74) is 5.70. The third-order valence-electron chi connectivity index (χ3n) is 13.0. The lowest BCUT2D eigenvalue weighted by atomic mass is 9.71. The summed E-state index contributed by atoms with van der Waals surface area (Å²) < 4.78 is 50.0. The molecule has 1 atom stereocenters. The number of rotatable bonds is 11. The summed E-state index contributed by atoms with van der Waals surface area (Å²) in [6.45, 7) is 12.9. The number of likely N-dealkylation sites (tertiary alicyclic amines) is 1. The number of benzene rings is 3. The monoisotopic (exact) mass is 897 g/mol. The fourth-order valence-corrected chi connectivity index (χ4v) is 11.5. The number of carbonyl (C=O) groups is 2. The highest BCUT2D eigenvalue weighted by molar-refractivity contribution is 7.71. The number of ether oxygens (including phenoxy) is 1. The maximum atomic E-state index is 15.3. The van der Waals surface area contributed by atoms with Gasteiger partial charge in [0.25, 0.3) is 0 Å². The molecule has 2 amide bonds. The van der Waals surface area contributed by atoms with E-state index < -0.39 is 36.5 Å². The van der Waals surface area contributed by atoms with Crippen molar-refractivity contribution in [3.8, 4) is 5.75 Å². The standard InChI is InChI=1S/C46H51ClF2N9O4P/c1-6-27-7-8-30-35(51-27)10-11-36(42(30)63(4,5)61)52-43-32(47)21-50-45(55-43)53-37-17-26(2)38(20-39(37)62-3)58-24-46(25-58)22-57(23-46)28-13-15-56(16-14-28)29-18-33(48)41(34(49)19-29)31-9-12-40(59)54-44(31)60/h7-8,10-11,17-21,28,31H,6,9,12-16,22-25H2,1-5H3,(H,54,59,60)(H2,50,52,53,55)/t31-/m1/s1. The van der Waals surface area contributed by atoms with Gasteiger partial charge in [0, 0.05) is 96.5 Å². The van der Waals surface area contributed by atoms with E-state index in [1.54, 1.807) is 20.4 Å². The third-order valence-corrected chi connectivity index (χ3v) is 14.9. The first-order chi connectivity index (χ1) is 30.1. The van der Waals surface area contributed by atoms with Gasteiger partial charge >= 0.3 is 0 Å². The molecule has 9 rings (SSSR count). The lowest BCUT2D eigenvalue weighted by Crippen LogP contribution is -2.74. The molecule has 0 bridgehead atoms. The number of aromatic nitrogens is 3. The number of pyridine rings is 1. The Morgan fingerprint density at radius 1 is 0.937 bits per heavy atom. The SMILES string of the molecule is CCc1ccc2c(P(C)(C)=O)c(Nc3nc(Nc4cc(C)c(N5CC6(C5)CN(C5CCN(c7cc(F)c([C@H]8CCC(=O)NC8=O)c(F)c7)CC5)C6)cc4OC)ncc3Cl)ccc2n1. The zero-order chi connectivity index (χ0) is 44.4. The van der Waals surface area contributed by atoms with Crippen LogP contribution in [0.2, 0.25) is 5.02 Å². The van der Waals surface area contributed by atoms with E-state index in [0.717, 1.165) is 73.3 Å². The summed E-state index contributed by atoms with van der Waals surface area (Å²) >= 11 is 6.63. The van der Waals surface area contributed by atoms with Gasteiger partial charge in [0.15, 0.2) is 5.82 Å². The van der Waals surface area contributed by atoms with Crippen molar-refractivity contribution >= 4 is 81.3 Å². The average Bonchev–Trinajstić information content (AvgIpc) is 3.21. The molecule has 6 heterocycles. The van der Waals surface area contributed by atoms with Crippen LogP contribution < -0.4 is 35.8 Å². The fourth-order valence-electron chi connectivity index (χ4n) is 9.91. The van der Waals surface area contributed by atoms with Crippen molar-refractivity contribution in [2.24, 2.45) is 5.41 Å². The highest BCUT2D eigenvalue weighted by Crippen LogP contribution is 2.47. The van der Waals surface area contributed by atoms with Gasteiger partial charge < -0.3 is 29.7 Å². The summed E-state index contributed by atoms with van der Waals surface area (Å²) in [6, 6.07) is 14.9. The average molecular weight is 898 g/mol. The van der Waals surface area contributed by atoms with Crippen LogP contribution >= 0.6 is 18.7 Å². The molecule has 330 valence electrons. The highest BCUT2D eigenvalue weighted by Gasteiger charge is 2.53. The number of piperidine rings is 2. The number of imide groups is 1.